The second-order valence-electron chi connectivity index (χ2n) is 1.78. The van der Waals surface area contributed by atoms with Crippen molar-refractivity contribution in [2.24, 2.45) is 5.14 Å². The van der Waals surface area contributed by atoms with E-state index in [1.54, 1.807) is 0 Å². The van der Waals surface area contributed by atoms with E-state index < -0.39 is 20.7 Å². The van der Waals surface area contributed by atoms with Gasteiger partial charge in [-0.1, -0.05) is 0 Å². The fourth-order valence-corrected chi connectivity index (χ4v) is 0.947. The molecule has 60 valence electrons. The minimum Gasteiger partial charge on any atom is -0.296 e. The third-order valence-corrected chi connectivity index (χ3v) is 1.66. The number of nitrogens with zero attached hydrogens (tertiary/aromatic N) is 1. The monoisotopic (exact) mass is 175 g/mol. The van der Waals surface area contributed by atoms with E-state index in [4.69, 9.17) is 0 Å². The molecule has 0 fully saturated rings. The molecule has 0 aliphatic heterocycles. The third-order valence-electron chi connectivity index (χ3n) is 0.917. The number of hydrogen-bond acceptors (Lipinski definition) is 4. The maximum atomic E-state index is 10.5. The van der Waals surface area contributed by atoms with Crippen LogP contribution in [0.3, 0.4) is 0 Å². The smallest absolute Gasteiger partial charge is 0.271 e. The number of aromatic amines is 1. The SMILES string of the molecule is NS(=O)(=O)c1nccc(=O)[nH]1. The molecule has 3 N–H and O–H groups in total. The molecule has 1 rings (SSSR count). The van der Waals surface area contributed by atoms with Crippen LogP contribution in [0.25, 0.3) is 0 Å². The van der Waals surface area contributed by atoms with Crippen LogP contribution < -0.4 is 10.7 Å². The van der Waals surface area contributed by atoms with E-state index in [1.807, 2.05) is 4.98 Å². The molecule has 0 bridgehead atoms. The molecule has 1 heterocycles. The Balaban J connectivity index is 3.40. The molecule has 0 amide bonds. The number of primary sulfonamides is 1. The molecule has 11 heavy (non-hydrogen) atoms. The van der Waals surface area contributed by atoms with Gasteiger partial charge >= 0.3 is 0 Å². The van der Waals surface area contributed by atoms with Gasteiger partial charge in [0.1, 0.15) is 0 Å². The van der Waals surface area contributed by atoms with Crippen LogP contribution in [-0.4, -0.2) is 18.4 Å². The topological polar surface area (TPSA) is 106 Å². The lowest BCUT2D eigenvalue weighted by atomic mass is 10.7. The fourth-order valence-electron chi connectivity index (χ4n) is 0.497. The molecule has 0 spiro atoms. The van der Waals surface area contributed by atoms with Crippen LogP contribution in [-0.2, 0) is 10.0 Å². The van der Waals surface area contributed by atoms with Crippen molar-refractivity contribution in [3.63, 3.8) is 0 Å². The molecular weight excluding hydrogens is 170 g/mol. The number of nitrogens with one attached hydrogen (secondary N) is 1. The van der Waals surface area contributed by atoms with Crippen LogP contribution in [0.5, 0.6) is 0 Å². The summed E-state index contributed by atoms with van der Waals surface area (Å²) in [7, 11) is -3.89. The van der Waals surface area contributed by atoms with Crippen molar-refractivity contribution < 1.29 is 8.42 Å². The van der Waals surface area contributed by atoms with Crippen LogP contribution >= 0.6 is 0 Å². The molecule has 6 nitrogen and oxygen atoms in total. The van der Waals surface area contributed by atoms with Crippen LogP contribution in [0.15, 0.2) is 22.2 Å². The highest BCUT2D eigenvalue weighted by Gasteiger charge is 2.08. The quantitative estimate of drug-likeness (QED) is 0.502. The summed E-state index contributed by atoms with van der Waals surface area (Å²) in [5, 5.41) is 4.14. The first kappa shape index (κ1) is 7.89. The highest BCUT2D eigenvalue weighted by molar-refractivity contribution is 7.89. The van der Waals surface area contributed by atoms with Gasteiger partial charge in [0.15, 0.2) is 0 Å². The zero-order valence-electron chi connectivity index (χ0n) is 5.31. The van der Waals surface area contributed by atoms with Crippen molar-refractivity contribution >= 4 is 10.0 Å². The number of sulfonamides is 1. The lowest BCUT2D eigenvalue weighted by molar-refractivity contribution is 0.588. The van der Waals surface area contributed by atoms with Crippen molar-refractivity contribution in [2.45, 2.75) is 5.16 Å². The van der Waals surface area contributed by atoms with E-state index in [2.05, 4.69) is 10.1 Å². The van der Waals surface area contributed by atoms with Crippen molar-refractivity contribution in [2.75, 3.05) is 0 Å². The first-order chi connectivity index (χ1) is 5.00. The summed E-state index contributed by atoms with van der Waals surface area (Å²) in [6, 6.07) is 1.09. The Morgan fingerprint density at radius 1 is 1.55 bits per heavy atom. The Hall–Kier alpha value is -1.21. The van der Waals surface area contributed by atoms with E-state index in [9.17, 15) is 13.2 Å². The van der Waals surface area contributed by atoms with E-state index in [1.165, 1.54) is 0 Å². The summed E-state index contributed by atoms with van der Waals surface area (Å²) in [5.41, 5.74) is -0.552. The van der Waals surface area contributed by atoms with E-state index in [-0.39, 0.29) is 0 Å². The summed E-state index contributed by atoms with van der Waals surface area (Å²) < 4.78 is 21.1. The van der Waals surface area contributed by atoms with E-state index in [0.717, 1.165) is 12.3 Å². The number of hydrogen-bond donors (Lipinski definition) is 2. The molecule has 0 aliphatic rings. The van der Waals surface area contributed by atoms with Crippen molar-refractivity contribution in [3.8, 4) is 0 Å². The molecule has 0 saturated carbocycles. The summed E-state index contributed by atoms with van der Waals surface area (Å²) in [5.74, 6) is 0. The fraction of sp³-hybridized carbons (Fsp3) is 0. The third kappa shape index (κ3) is 1.85. The van der Waals surface area contributed by atoms with Crippen LogP contribution in [0.4, 0.5) is 0 Å². The minimum absolute atomic E-state index is 0.523. The molecule has 0 unspecified atom stereocenters. The molecular formula is C4H5N3O3S. The van der Waals surface area contributed by atoms with Crippen LogP contribution in [0.2, 0.25) is 0 Å². The lowest BCUT2D eigenvalue weighted by Crippen LogP contribution is -2.19. The van der Waals surface area contributed by atoms with Gasteiger partial charge in [0.2, 0.25) is 5.16 Å². The van der Waals surface area contributed by atoms with Gasteiger partial charge in [0.05, 0.1) is 0 Å². The summed E-state index contributed by atoms with van der Waals surface area (Å²) in [6.45, 7) is 0. The van der Waals surface area contributed by atoms with Gasteiger partial charge < -0.3 is 0 Å². The molecule has 1 aromatic rings. The molecule has 0 radical (unpaired) electrons. The van der Waals surface area contributed by atoms with Crippen molar-refractivity contribution in [1.82, 2.24) is 9.97 Å². The lowest BCUT2D eigenvalue weighted by Gasteiger charge is -1.92. The number of nitrogens with two attached hydrogens (primary N) is 1. The second kappa shape index (κ2) is 2.44. The highest BCUT2D eigenvalue weighted by atomic mass is 32.2. The van der Waals surface area contributed by atoms with Gasteiger partial charge in [-0.3, -0.25) is 9.78 Å². The second-order valence-corrected chi connectivity index (χ2v) is 3.26. The Labute approximate surface area is 62.1 Å². The molecule has 1 aromatic heterocycles. The Morgan fingerprint density at radius 2 is 2.18 bits per heavy atom. The molecule has 0 aromatic carbocycles. The summed E-state index contributed by atoms with van der Waals surface area (Å²) >= 11 is 0. The van der Waals surface area contributed by atoms with Gasteiger partial charge in [0.25, 0.3) is 15.6 Å². The van der Waals surface area contributed by atoms with Gasteiger partial charge in [-0.15, -0.1) is 0 Å². The molecule has 0 atom stereocenters. The average Bonchev–Trinajstić information content (AvgIpc) is 1.86. The normalized spacial score (nSPS) is 11.4. The zero-order chi connectivity index (χ0) is 8.48. The van der Waals surface area contributed by atoms with Crippen molar-refractivity contribution in [3.05, 3.63) is 22.6 Å². The molecule has 0 aliphatic carbocycles. The van der Waals surface area contributed by atoms with Crippen LogP contribution in [0.1, 0.15) is 0 Å². The summed E-state index contributed by atoms with van der Waals surface area (Å²) in [4.78, 5) is 15.8. The standard InChI is InChI=1S/C4H5N3O3S/c5-11(9,10)4-6-2-1-3(8)7-4/h1-2H,(H2,5,9,10)(H,6,7,8). The van der Waals surface area contributed by atoms with Crippen LogP contribution in [0, 0.1) is 0 Å². The Bertz CT molecular complexity index is 407. The highest BCUT2D eigenvalue weighted by Crippen LogP contribution is 1.90. The molecule has 0 saturated heterocycles. The predicted octanol–water partition coefficient (Wildman–Crippen LogP) is -1.58. The molecule has 7 heteroatoms. The minimum atomic E-state index is -3.89. The average molecular weight is 175 g/mol. The van der Waals surface area contributed by atoms with Crippen molar-refractivity contribution in [1.29, 1.82) is 0 Å². The summed E-state index contributed by atoms with van der Waals surface area (Å²) in [6.07, 6.45) is 1.07. The zero-order valence-corrected chi connectivity index (χ0v) is 6.13. The van der Waals surface area contributed by atoms with E-state index >= 15 is 0 Å². The largest absolute Gasteiger partial charge is 0.296 e. The first-order valence-electron chi connectivity index (χ1n) is 2.58. The Morgan fingerprint density at radius 3 is 2.55 bits per heavy atom. The van der Waals surface area contributed by atoms with Gasteiger partial charge in [-0.2, -0.15) is 0 Å². The predicted molar refractivity (Wildman–Crippen MR) is 36.2 cm³/mol. The maximum Gasteiger partial charge on any atom is 0.271 e. The van der Waals surface area contributed by atoms with Gasteiger partial charge in [0, 0.05) is 12.3 Å². The number of rotatable bonds is 1. The number of aromatic nitrogens is 2. The van der Waals surface area contributed by atoms with Gasteiger partial charge in [-0.05, 0) is 0 Å². The Kier molecular flexibility index (Phi) is 1.75. The first-order valence-corrected chi connectivity index (χ1v) is 4.13. The number of H-pyrrole nitrogens is 1. The maximum absolute atomic E-state index is 10.5. The van der Waals surface area contributed by atoms with Gasteiger partial charge in [-0.25, -0.2) is 18.5 Å². The van der Waals surface area contributed by atoms with E-state index in [0.29, 0.717) is 0 Å².